The van der Waals surface area contributed by atoms with Crippen LogP contribution >= 0.6 is 0 Å². The van der Waals surface area contributed by atoms with Gasteiger partial charge < -0.3 is 10.8 Å². The molecular formula is C9H19N3O5S. The monoisotopic (exact) mass is 281 g/mol. The average Bonchev–Trinajstić information content (AvgIpc) is 2.22. The first kappa shape index (κ1) is 16.8. The van der Waals surface area contributed by atoms with Gasteiger partial charge in [-0.1, -0.05) is 0 Å². The highest BCUT2D eigenvalue weighted by atomic mass is 32.2. The molecule has 1 atom stereocenters. The molecule has 0 bridgehead atoms. The van der Waals surface area contributed by atoms with Crippen LogP contribution in [-0.4, -0.2) is 48.8 Å². The molecule has 1 amide bonds. The van der Waals surface area contributed by atoms with Crippen LogP contribution in [-0.2, 0) is 19.8 Å². The SMILES string of the molecule is CC(C)N(C)S(=O)(=O)N[C@H](CCC(N)=O)C(=O)O. The lowest BCUT2D eigenvalue weighted by molar-refractivity contribution is -0.139. The summed E-state index contributed by atoms with van der Waals surface area (Å²) in [4.78, 5) is 21.5. The van der Waals surface area contributed by atoms with Crippen LogP contribution in [0.2, 0.25) is 0 Å². The van der Waals surface area contributed by atoms with Crippen molar-refractivity contribution in [1.82, 2.24) is 9.03 Å². The second kappa shape index (κ2) is 6.66. The summed E-state index contributed by atoms with van der Waals surface area (Å²) in [5, 5.41) is 8.87. The minimum absolute atomic E-state index is 0.185. The maximum absolute atomic E-state index is 11.8. The van der Waals surface area contributed by atoms with Crippen molar-refractivity contribution in [3.8, 4) is 0 Å². The highest BCUT2D eigenvalue weighted by molar-refractivity contribution is 7.87. The van der Waals surface area contributed by atoms with Crippen molar-refractivity contribution in [1.29, 1.82) is 0 Å². The van der Waals surface area contributed by atoms with Gasteiger partial charge in [-0.2, -0.15) is 17.4 Å². The lowest BCUT2D eigenvalue weighted by Gasteiger charge is -2.23. The summed E-state index contributed by atoms with van der Waals surface area (Å²) in [5.41, 5.74) is 4.89. The molecule has 0 unspecified atom stereocenters. The number of carboxylic acids is 1. The lowest BCUT2D eigenvalue weighted by Crippen LogP contribution is -2.49. The van der Waals surface area contributed by atoms with Gasteiger partial charge in [0.1, 0.15) is 6.04 Å². The first-order valence-corrected chi connectivity index (χ1v) is 6.78. The zero-order valence-electron chi connectivity index (χ0n) is 10.6. The Morgan fingerprint density at radius 3 is 2.22 bits per heavy atom. The van der Waals surface area contributed by atoms with E-state index in [1.54, 1.807) is 13.8 Å². The average molecular weight is 281 g/mol. The topological polar surface area (TPSA) is 130 Å². The van der Waals surface area contributed by atoms with Gasteiger partial charge >= 0.3 is 5.97 Å². The summed E-state index contributed by atoms with van der Waals surface area (Å²) in [5.74, 6) is -2.03. The van der Waals surface area contributed by atoms with E-state index in [4.69, 9.17) is 10.8 Å². The summed E-state index contributed by atoms with van der Waals surface area (Å²) >= 11 is 0. The number of rotatable bonds is 8. The van der Waals surface area contributed by atoms with E-state index in [2.05, 4.69) is 0 Å². The molecule has 106 valence electrons. The van der Waals surface area contributed by atoms with Crippen LogP contribution < -0.4 is 10.5 Å². The molecule has 0 rings (SSSR count). The third kappa shape index (κ3) is 5.43. The summed E-state index contributed by atoms with van der Waals surface area (Å²) in [6.45, 7) is 3.30. The number of amides is 1. The van der Waals surface area contributed by atoms with Crippen molar-refractivity contribution in [2.75, 3.05) is 7.05 Å². The molecule has 0 aromatic rings. The van der Waals surface area contributed by atoms with E-state index in [0.29, 0.717) is 0 Å². The molecule has 8 nitrogen and oxygen atoms in total. The Labute approximate surface area is 106 Å². The molecule has 0 aromatic heterocycles. The smallest absolute Gasteiger partial charge is 0.321 e. The fourth-order valence-electron chi connectivity index (χ4n) is 1.06. The molecular weight excluding hydrogens is 262 g/mol. The number of hydrogen-bond donors (Lipinski definition) is 3. The van der Waals surface area contributed by atoms with Crippen molar-refractivity contribution in [3.05, 3.63) is 0 Å². The molecule has 0 heterocycles. The van der Waals surface area contributed by atoms with Crippen LogP contribution in [0.1, 0.15) is 26.7 Å². The van der Waals surface area contributed by atoms with E-state index in [-0.39, 0.29) is 18.9 Å². The van der Waals surface area contributed by atoms with Gasteiger partial charge in [-0.15, -0.1) is 0 Å². The number of nitrogens with two attached hydrogens (primary N) is 1. The minimum Gasteiger partial charge on any atom is -0.480 e. The minimum atomic E-state index is -3.90. The summed E-state index contributed by atoms with van der Waals surface area (Å²) < 4.78 is 26.6. The normalized spacial score (nSPS) is 13.8. The van der Waals surface area contributed by atoms with Crippen LogP contribution in [0.4, 0.5) is 0 Å². The predicted octanol–water partition coefficient (Wildman–Crippen LogP) is -1.12. The zero-order valence-corrected chi connectivity index (χ0v) is 11.4. The zero-order chi connectivity index (χ0) is 14.5. The van der Waals surface area contributed by atoms with E-state index >= 15 is 0 Å². The molecule has 4 N–H and O–H groups in total. The molecule has 0 spiro atoms. The number of nitrogens with zero attached hydrogens (tertiary/aromatic N) is 1. The summed E-state index contributed by atoms with van der Waals surface area (Å²) in [6, 6.07) is -1.68. The number of carbonyl (C=O) groups excluding carboxylic acids is 1. The number of hydrogen-bond acceptors (Lipinski definition) is 4. The van der Waals surface area contributed by atoms with E-state index in [1.807, 2.05) is 4.72 Å². The molecule has 0 aliphatic carbocycles. The maximum Gasteiger partial charge on any atom is 0.321 e. The predicted molar refractivity (Wildman–Crippen MR) is 64.8 cm³/mol. The van der Waals surface area contributed by atoms with Crippen LogP contribution in [0.25, 0.3) is 0 Å². The van der Waals surface area contributed by atoms with Crippen molar-refractivity contribution in [2.24, 2.45) is 5.73 Å². The summed E-state index contributed by atoms with van der Waals surface area (Å²) in [7, 11) is -2.57. The largest absolute Gasteiger partial charge is 0.480 e. The highest BCUT2D eigenvalue weighted by Crippen LogP contribution is 2.05. The van der Waals surface area contributed by atoms with Gasteiger partial charge in [0, 0.05) is 19.5 Å². The quantitative estimate of drug-likeness (QED) is 0.519. The van der Waals surface area contributed by atoms with E-state index in [1.165, 1.54) is 7.05 Å². The van der Waals surface area contributed by atoms with E-state index in [9.17, 15) is 18.0 Å². The number of aliphatic carboxylic acids is 1. The molecule has 0 saturated heterocycles. The van der Waals surface area contributed by atoms with Crippen molar-refractivity contribution in [3.63, 3.8) is 0 Å². The summed E-state index contributed by atoms with van der Waals surface area (Å²) in [6.07, 6.45) is -0.388. The van der Waals surface area contributed by atoms with Crippen molar-refractivity contribution in [2.45, 2.75) is 38.8 Å². The number of carbonyl (C=O) groups is 2. The van der Waals surface area contributed by atoms with Crippen molar-refractivity contribution >= 4 is 22.1 Å². The Kier molecular flexibility index (Phi) is 6.22. The molecule has 0 aliphatic rings. The van der Waals surface area contributed by atoms with Gasteiger partial charge in [0.2, 0.25) is 5.91 Å². The number of primary amides is 1. The maximum atomic E-state index is 11.8. The molecule has 0 aromatic carbocycles. The Morgan fingerprint density at radius 1 is 1.39 bits per heavy atom. The number of nitrogens with one attached hydrogen (secondary N) is 1. The van der Waals surface area contributed by atoms with Gasteiger partial charge in [0.05, 0.1) is 0 Å². The fraction of sp³-hybridized carbons (Fsp3) is 0.778. The molecule has 9 heteroatoms. The Bertz CT molecular complexity index is 406. The molecule has 0 saturated carbocycles. The molecule has 0 radical (unpaired) electrons. The van der Waals surface area contributed by atoms with Crippen LogP contribution in [0.5, 0.6) is 0 Å². The Balaban J connectivity index is 4.78. The molecule has 0 fully saturated rings. The van der Waals surface area contributed by atoms with E-state index in [0.717, 1.165) is 4.31 Å². The molecule has 18 heavy (non-hydrogen) atoms. The standard InChI is InChI=1S/C9H19N3O5S/c1-6(2)12(3)18(16,17)11-7(9(14)15)4-5-8(10)13/h6-7,11H,4-5H2,1-3H3,(H2,10,13)(H,14,15)/t7-/m1/s1. The van der Waals surface area contributed by atoms with Gasteiger partial charge in [-0.3, -0.25) is 9.59 Å². The van der Waals surface area contributed by atoms with Gasteiger partial charge in [-0.25, -0.2) is 0 Å². The first-order valence-electron chi connectivity index (χ1n) is 5.34. The van der Waals surface area contributed by atoms with E-state index < -0.39 is 28.1 Å². The first-order chi connectivity index (χ1) is 8.08. The Hall–Kier alpha value is -1.19. The fourth-order valence-corrected chi connectivity index (χ4v) is 2.36. The Morgan fingerprint density at radius 2 is 1.89 bits per heavy atom. The third-order valence-electron chi connectivity index (χ3n) is 2.38. The van der Waals surface area contributed by atoms with Crippen LogP contribution in [0.15, 0.2) is 0 Å². The van der Waals surface area contributed by atoms with Crippen LogP contribution in [0, 0.1) is 0 Å². The van der Waals surface area contributed by atoms with Gasteiger partial charge in [-0.05, 0) is 20.3 Å². The van der Waals surface area contributed by atoms with Crippen LogP contribution in [0.3, 0.4) is 0 Å². The lowest BCUT2D eigenvalue weighted by atomic mass is 10.2. The van der Waals surface area contributed by atoms with Gasteiger partial charge in [0.25, 0.3) is 10.2 Å². The number of carboxylic acid groups (broad SMARTS) is 1. The molecule has 0 aliphatic heterocycles. The second-order valence-electron chi connectivity index (χ2n) is 4.13. The second-order valence-corrected chi connectivity index (χ2v) is 5.89. The van der Waals surface area contributed by atoms with Gasteiger partial charge in [0.15, 0.2) is 0 Å². The highest BCUT2D eigenvalue weighted by Gasteiger charge is 2.28. The third-order valence-corrected chi connectivity index (χ3v) is 4.14. The van der Waals surface area contributed by atoms with Crippen molar-refractivity contribution < 1.29 is 23.1 Å².